The molecular formula is C39H52ClFN4O4. The van der Waals surface area contributed by atoms with Gasteiger partial charge in [-0.15, -0.1) is 0 Å². The molecule has 266 valence electrons. The molecule has 3 aromatic rings. The van der Waals surface area contributed by atoms with Crippen molar-refractivity contribution in [3.05, 3.63) is 106 Å². The maximum absolute atomic E-state index is 14.8. The Bertz CT molecular complexity index is 1430. The second-order valence-electron chi connectivity index (χ2n) is 11.9. The number of benzene rings is 3. The van der Waals surface area contributed by atoms with Crippen LogP contribution in [-0.4, -0.2) is 81.0 Å². The van der Waals surface area contributed by atoms with Gasteiger partial charge in [-0.2, -0.15) is 0 Å². The van der Waals surface area contributed by atoms with Crippen molar-refractivity contribution < 1.29 is 23.6 Å². The van der Waals surface area contributed by atoms with E-state index >= 15 is 0 Å². The number of hydrogen-bond acceptors (Lipinski definition) is 6. The zero-order valence-electron chi connectivity index (χ0n) is 29.3. The van der Waals surface area contributed by atoms with Gasteiger partial charge in [0.2, 0.25) is 11.8 Å². The topological polar surface area (TPSA) is 98.8 Å². The summed E-state index contributed by atoms with van der Waals surface area (Å²) >= 11 is 6.12. The molecule has 1 aliphatic heterocycles. The highest BCUT2D eigenvalue weighted by Crippen LogP contribution is 2.31. The summed E-state index contributed by atoms with van der Waals surface area (Å²) in [5.74, 6) is -0.366. The van der Waals surface area contributed by atoms with E-state index in [-0.39, 0.29) is 35.5 Å². The number of halogens is 2. The second kappa shape index (κ2) is 21.9. The minimum atomic E-state index is -0.684. The molecule has 2 amide bonds. The smallest absolute Gasteiger partial charge is 0.245 e. The molecule has 1 fully saturated rings. The molecule has 1 aliphatic carbocycles. The predicted octanol–water partition coefficient (Wildman–Crippen LogP) is 5.71. The van der Waals surface area contributed by atoms with E-state index in [0.29, 0.717) is 49.6 Å². The standard InChI is InChI=1S/C35H42ClFN4O2.C2H6.2CH2O/c1-24-21-26-7-3-4-8-27(26)23-30(24)34(42)39-32(22-25-11-13-28(36)14-12-25)35(43)41-19-17-40(18-20-41)33(15-16-38-2)29-9-5-6-10-31(29)37;3*1-2/h3-14,24,30,32-33,38H,15-23H2,1-2H3,(H,39,42);1-2H3;2*1H2. The van der Waals surface area contributed by atoms with Crippen LogP contribution in [0.1, 0.15) is 55.5 Å². The molecule has 2 aliphatic rings. The lowest BCUT2D eigenvalue weighted by Gasteiger charge is -2.41. The van der Waals surface area contributed by atoms with E-state index in [1.807, 2.05) is 87.9 Å². The Morgan fingerprint density at radius 1 is 0.878 bits per heavy atom. The molecule has 0 aromatic heterocycles. The molecule has 0 bridgehead atoms. The SMILES string of the molecule is C=O.C=O.CC.CNCCC(c1ccccc1F)N1CCN(C(=O)C(Cc2ccc(Cl)cc2)NC(=O)C2Cc3ccccc3CC2C)CC1. The summed E-state index contributed by atoms with van der Waals surface area (Å²) in [6, 6.07) is 21.9. The van der Waals surface area contributed by atoms with Gasteiger partial charge in [0, 0.05) is 55.1 Å². The fourth-order valence-electron chi connectivity index (χ4n) is 6.60. The van der Waals surface area contributed by atoms with Crippen molar-refractivity contribution in [2.24, 2.45) is 11.8 Å². The number of carbonyl (C=O) groups is 4. The molecular weight excluding hydrogens is 643 g/mol. The van der Waals surface area contributed by atoms with Crippen LogP contribution in [0.3, 0.4) is 0 Å². The maximum atomic E-state index is 14.8. The highest BCUT2D eigenvalue weighted by Gasteiger charge is 2.35. The summed E-state index contributed by atoms with van der Waals surface area (Å²) in [5.41, 5.74) is 4.14. The fraction of sp³-hybridized carbons (Fsp3) is 0.436. The summed E-state index contributed by atoms with van der Waals surface area (Å²) < 4.78 is 14.8. The van der Waals surface area contributed by atoms with Crippen LogP contribution in [0.15, 0.2) is 72.8 Å². The third-order valence-electron chi connectivity index (χ3n) is 9.09. The number of hydrogen-bond donors (Lipinski definition) is 2. The Morgan fingerprint density at radius 3 is 2.04 bits per heavy atom. The molecule has 4 unspecified atom stereocenters. The summed E-state index contributed by atoms with van der Waals surface area (Å²) in [5, 5.41) is 6.98. The van der Waals surface area contributed by atoms with Crippen LogP contribution in [0, 0.1) is 17.7 Å². The minimum absolute atomic E-state index is 0.0698. The van der Waals surface area contributed by atoms with Gasteiger partial charge in [-0.25, -0.2) is 4.39 Å². The van der Waals surface area contributed by atoms with E-state index in [1.165, 1.54) is 17.2 Å². The number of nitrogens with zero attached hydrogens (tertiary/aromatic N) is 2. The lowest BCUT2D eigenvalue weighted by atomic mass is 9.76. The first-order valence-electron chi connectivity index (χ1n) is 16.9. The monoisotopic (exact) mass is 694 g/mol. The molecule has 0 radical (unpaired) electrons. The first kappa shape index (κ1) is 41.3. The summed E-state index contributed by atoms with van der Waals surface area (Å²) in [4.78, 5) is 47.9. The Kier molecular flexibility index (Phi) is 18.5. The third kappa shape index (κ3) is 11.6. The van der Waals surface area contributed by atoms with E-state index in [4.69, 9.17) is 21.2 Å². The van der Waals surface area contributed by atoms with E-state index in [1.54, 1.807) is 6.07 Å². The lowest BCUT2D eigenvalue weighted by Crippen LogP contribution is -2.57. The predicted molar refractivity (Wildman–Crippen MR) is 195 cm³/mol. The Balaban J connectivity index is 0.00000132. The highest BCUT2D eigenvalue weighted by atomic mass is 35.5. The molecule has 8 nitrogen and oxygen atoms in total. The van der Waals surface area contributed by atoms with Crippen molar-refractivity contribution in [2.75, 3.05) is 39.8 Å². The van der Waals surface area contributed by atoms with E-state index < -0.39 is 6.04 Å². The third-order valence-corrected chi connectivity index (χ3v) is 9.34. The largest absolute Gasteiger partial charge is 0.344 e. The van der Waals surface area contributed by atoms with Gasteiger partial charge in [-0.05, 0) is 73.7 Å². The van der Waals surface area contributed by atoms with Gasteiger partial charge in [0.15, 0.2) is 0 Å². The van der Waals surface area contributed by atoms with Gasteiger partial charge in [-0.3, -0.25) is 14.5 Å². The van der Waals surface area contributed by atoms with Crippen molar-refractivity contribution in [2.45, 2.75) is 58.5 Å². The number of nitrogens with one attached hydrogen (secondary N) is 2. The van der Waals surface area contributed by atoms with Gasteiger partial charge in [0.25, 0.3) is 0 Å². The highest BCUT2D eigenvalue weighted by molar-refractivity contribution is 6.30. The van der Waals surface area contributed by atoms with Crippen molar-refractivity contribution in [3.63, 3.8) is 0 Å². The zero-order valence-corrected chi connectivity index (χ0v) is 30.1. The van der Waals surface area contributed by atoms with Crippen LogP contribution in [0.4, 0.5) is 4.39 Å². The molecule has 10 heteroatoms. The Hall–Kier alpha value is -3.92. The second-order valence-corrected chi connectivity index (χ2v) is 12.4. The minimum Gasteiger partial charge on any atom is -0.344 e. The van der Waals surface area contributed by atoms with E-state index in [0.717, 1.165) is 24.9 Å². The molecule has 4 atom stereocenters. The first-order valence-corrected chi connectivity index (χ1v) is 17.3. The van der Waals surface area contributed by atoms with Crippen LogP contribution in [0.25, 0.3) is 0 Å². The maximum Gasteiger partial charge on any atom is 0.245 e. The molecule has 2 N–H and O–H groups in total. The van der Waals surface area contributed by atoms with Crippen molar-refractivity contribution in [1.82, 2.24) is 20.4 Å². The molecule has 0 saturated carbocycles. The number of rotatable bonds is 10. The van der Waals surface area contributed by atoms with E-state index in [2.05, 4.69) is 34.6 Å². The zero-order chi connectivity index (χ0) is 36.3. The average molecular weight is 695 g/mol. The summed E-state index contributed by atoms with van der Waals surface area (Å²) in [6.45, 7) is 13.2. The lowest BCUT2D eigenvalue weighted by molar-refractivity contribution is -0.139. The number of fused-ring (bicyclic) bond motifs is 1. The van der Waals surface area contributed by atoms with Crippen LogP contribution in [0.2, 0.25) is 5.02 Å². The Morgan fingerprint density at radius 2 is 1.45 bits per heavy atom. The van der Waals surface area contributed by atoms with Crippen molar-refractivity contribution in [1.29, 1.82) is 0 Å². The number of piperazine rings is 1. The molecule has 1 heterocycles. The van der Waals surface area contributed by atoms with Gasteiger partial charge in [0.1, 0.15) is 25.4 Å². The molecule has 5 rings (SSSR count). The first-order chi connectivity index (χ1) is 23.8. The number of amides is 2. The van der Waals surface area contributed by atoms with Crippen molar-refractivity contribution in [3.8, 4) is 0 Å². The van der Waals surface area contributed by atoms with Gasteiger partial charge >= 0.3 is 0 Å². The summed E-state index contributed by atoms with van der Waals surface area (Å²) in [7, 11) is 1.90. The molecule has 49 heavy (non-hydrogen) atoms. The van der Waals surface area contributed by atoms with Gasteiger partial charge in [-0.1, -0.05) is 87.0 Å². The van der Waals surface area contributed by atoms with Crippen LogP contribution in [0.5, 0.6) is 0 Å². The van der Waals surface area contributed by atoms with Gasteiger partial charge < -0.3 is 25.1 Å². The summed E-state index contributed by atoms with van der Waals surface area (Å²) in [6.07, 6.45) is 2.68. The molecule has 0 spiro atoms. The average Bonchev–Trinajstić information content (AvgIpc) is 3.15. The van der Waals surface area contributed by atoms with Gasteiger partial charge in [0.05, 0.1) is 0 Å². The number of carbonyl (C=O) groups excluding carboxylic acids is 4. The van der Waals surface area contributed by atoms with Crippen LogP contribution < -0.4 is 10.6 Å². The van der Waals surface area contributed by atoms with Crippen LogP contribution >= 0.6 is 11.6 Å². The Labute approximate surface area is 296 Å². The molecule has 1 saturated heterocycles. The van der Waals surface area contributed by atoms with Crippen molar-refractivity contribution >= 4 is 37.0 Å². The normalized spacial score (nSPS) is 18.0. The van der Waals surface area contributed by atoms with E-state index in [9.17, 15) is 14.0 Å². The fourth-order valence-corrected chi connectivity index (χ4v) is 6.73. The quantitative estimate of drug-likeness (QED) is 0.282. The van der Waals surface area contributed by atoms with Crippen LogP contribution in [-0.2, 0) is 38.4 Å². The molecule has 3 aromatic carbocycles.